The topological polar surface area (TPSA) is 67.1 Å². The minimum atomic E-state index is 0. The van der Waals surface area contributed by atoms with Gasteiger partial charge in [-0.2, -0.15) is 5.10 Å². The number of hydrogen-bond donors (Lipinski definition) is 2. The summed E-state index contributed by atoms with van der Waals surface area (Å²) in [6.45, 7) is 9.03. The largest absolute Gasteiger partial charge is 0.354 e. The number of rotatable bonds is 5. The van der Waals surface area contributed by atoms with Gasteiger partial charge in [0.05, 0.1) is 12.2 Å². The third kappa shape index (κ3) is 5.44. The first-order chi connectivity index (χ1) is 10.9. The van der Waals surface area contributed by atoms with Gasteiger partial charge in [-0.1, -0.05) is 0 Å². The summed E-state index contributed by atoms with van der Waals surface area (Å²) >= 11 is 1.66. The van der Waals surface area contributed by atoms with Gasteiger partial charge in [0.15, 0.2) is 5.96 Å². The van der Waals surface area contributed by atoms with Crippen LogP contribution in [0.2, 0.25) is 0 Å². The Bertz CT molecular complexity index is 691. The van der Waals surface area contributed by atoms with Crippen molar-refractivity contribution in [1.82, 2.24) is 25.4 Å². The molecule has 0 radical (unpaired) electrons. The number of aliphatic imine (C=N–C) groups is 1. The Morgan fingerprint density at radius 2 is 2.08 bits per heavy atom. The smallest absolute Gasteiger partial charge is 0.191 e. The fraction of sp³-hybridized carbons (Fsp3) is 0.562. The van der Waals surface area contributed by atoms with Gasteiger partial charge in [0, 0.05) is 36.9 Å². The zero-order valence-corrected chi connectivity index (χ0v) is 18.3. The minimum Gasteiger partial charge on any atom is -0.354 e. The maximum Gasteiger partial charge on any atom is 0.191 e. The number of nitrogens with one attached hydrogen (secondary N) is 2. The average molecular weight is 462 g/mol. The highest BCUT2D eigenvalue weighted by Gasteiger charge is 2.14. The summed E-state index contributed by atoms with van der Waals surface area (Å²) < 4.78 is 1.94. The summed E-state index contributed by atoms with van der Waals surface area (Å²) in [5.41, 5.74) is 4.68. The predicted molar refractivity (Wildman–Crippen MR) is 111 cm³/mol. The summed E-state index contributed by atoms with van der Waals surface area (Å²) in [5.74, 6) is 0.796. The number of guanidine groups is 1. The maximum absolute atomic E-state index is 4.48. The molecule has 0 saturated carbocycles. The summed E-state index contributed by atoms with van der Waals surface area (Å²) in [6, 6.07) is 0.265. The molecule has 6 nitrogen and oxygen atoms in total. The van der Waals surface area contributed by atoms with Gasteiger partial charge in [-0.05, 0) is 39.7 Å². The van der Waals surface area contributed by atoms with Gasteiger partial charge in [0.25, 0.3) is 0 Å². The van der Waals surface area contributed by atoms with Gasteiger partial charge in [-0.3, -0.25) is 9.67 Å². The second kappa shape index (κ2) is 9.36. The Labute approximate surface area is 165 Å². The summed E-state index contributed by atoms with van der Waals surface area (Å²) in [6.07, 6.45) is 0.919. The molecule has 0 saturated heterocycles. The molecule has 2 rings (SSSR count). The van der Waals surface area contributed by atoms with Crippen molar-refractivity contribution in [3.05, 3.63) is 33.0 Å². The lowest BCUT2D eigenvalue weighted by atomic mass is 10.1. The van der Waals surface area contributed by atoms with E-state index in [2.05, 4.69) is 51.9 Å². The summed E-state index contributed by atoms with van der Waals surface area (Å²) in [7, 11) is 3.77. The van der Waals surface area contributed by atoms with Gasteiger partial charge in [0.1, 0.15) is 5.01 Å². The van der Waals surface area contributed by atoms with E-state index in [0.717, 1.165) is 28.8 Å². The van der Waals surface area contributed by atoms with Gasteiger partial charge < -0.3 is 10.6 Å². The van der Waals surface area contributed by atoms with Crippen LogP contribution in [0.15, 0.2) is 10.4 Å². The molecule has 2 aromatic rings. The number of halogens is 1. The molecule has 0 spiro atoms. The molecule has 0 bridgehead atoms. The van der Waals surface area contributed by atoms with Crippen LogP contribution in [0.1, 0.15) is 34.6 Å². The summed E-state index contributed by atoms with van der Waals surface area (Å²) in [4.78, 5) is 8.74. The minimum absolute atomic E-state index is 0. The molecule has 0 fully saturated rings. The first-order valence-corrected chi connectivity index (χ1v) is 8.66. The zero-order valence-electron chi connectivity index (χ0n) is 15.2. The molecule has 0 amide bonds. The lowest BCUT2D eigenvalue weighted by molar-refractivity contribution is 0.635. The van der Waals surface area contributed by atoms with Crippen LogP contribution in [-0.4, -0.2) is 33.8 Å². The molecule has 0 aromatic carbocycles. The molecular formula is C16H27IN6S. The van der Waals surface area contributed by atoms with Crippen LogP contribution in [0.25, 0.3) is 0 Å². The second-order valence-corrected chi connectivity index (χ2v) is 6.77. The van der Waals surface area contributed by atoms with E-state index in [1.54, 1.807) is 18.4 Å². The summed E-state index contributed by atoms with van der Waals surface area (Å²) in [5, 5.41) is 14.4. The fourth-order valence-electron chi connectivity index (χ4n) is 2.54. The Balaban J connectivity index is 0.00000288. The van der Waals surface area contributed by atoms with Crippen molar-refractivity contribution in [2.24, 2.45) is 12.0 Å². The number of aryl methyl sites for hydroxylation is 3. The van der Waals surface area contributed by atoms with Crippen molar-refractivity contribution in [3.63, 3.8) is 0 Å². The Hall–Kier alpha value is -1.16. The van der Waals surface area contributed by atoms with E-state index >= 15 is 0 Å². The highest BCUT2D eigenvalue weighted by atomic mass is 127. The van der Waals surface area contributed by atoms with Crippen molar-refractivity contribution in [2.75, 3.05) is 7.05 Å². The molecule has 2 N–H and O–H groups in total. The third-order valence-corrected chi connectivity index (χ3v) is 4.82. The Morgan fingerprint density at radius 1 is 1.38 bits per heavy atom. The van der Waals surface area contributed by atoms with Gasteiger partial charge in [0.2, 0.25) is 0 Å². The molecule has 0 aliphatic carbocycles. The van der Waals surface area contributed by atoms with Crippen LogP contribution < -0.4 is 10.6 Å². The molecule has 1 unspecified atom stereocenters. The van der Waals surface area contributed by atoms with Crippen molar-refractivity contribution in [3.8, 4) is 0 Å². The molecular weight excluding hydrogens is 435 g/mol. The Kier molecular flexibility index (Phi) is 8.14. The molecule has 2 aromatic heterocycles. The van der Waals surface area contributed by atoms with E-state index in [0.29, 0.717) is 6.54 Å². The quantitative estimate of drug-likeness (QED) is 0.408. The van der Waals surface area contributed by atoms with Crippen LogP contribution in [0.3, 0.4) is 0 Å². The molecule has 24 heavy (non-hydrogen) atoms. The fourth-order valence-corrected chi connectivity index (χ4v) is 3.25. The van der Waals surface area contributed by atoms with E-state index in [1.165, 1.54) is 11.3 Å². The van der Waals surface area contributed by atoms with Crippen LogP contribution in [0.4, 0.5) is 0 Å². The third-order valence-electron chi connectivity index (χ3n) is 3.85. The monoisotopic (exact) mass is 462 g/mol. The predicted octanol–water partition coefficient (Wildman–Crippen LogP) is 2.72. The van der Waals surface area contributed by atoms with Crippen LogP contribution >= 0.6 is 35.3 Å². The highest BCUT2D eigenvalue weighted by Crippen LogP contribution is 2.14. The lowest BCUT2D eigenvalue weighted by Crippen LogP contribution is -2.42. The molecule has 1 atom stereocenters. The average Bonchev–Trinajstić information content (AvgIpc) is 3.02. The lowest BCUT2D eigenvalue weighted by Gasteiger charge is -2.18. The van der Waals surface area contributed by atoms with Crippen LogP contribution in [0, 0.1) is 20.8 Å². The van der Waals surface area contributed by atoms with Gasteiger partial charge >= 0.3 is 0 Å². The van der Waals surface area contributed by atoms with Crippen LogP contribution in [0.5, 0.6) is 0 Å². The highest BCUT2D eigenvalue weighted by molar-refractivity contribution is 14.0. The SMILES string of the molecule is CN=C(NCc1nc(C)cs1)NC(C)Cc1c(C)nn(C)c1C.I. The normalized spacial score (nSPS) is 12.7. The van der Waals surface area contributed by atoms with Crippen molar-refractivity contribution < 1.29 is 0 Å². The maximum atomic E-state index is 4.48. The van der Waals surface area contributed by atoms with E-state index in [-0.39, 0.29) is 30.0 Å². The standard InChI is InChI=1S/C16H26N6S.HI/c1-10(7-14-12(3)21-22(6)13(14)4)20-16(17-5)18-8-15-19-11(2)9-23-15;/h9-10H,7-8H2,1-6H3,(H2,17,18,20);1H. The number of hydrogen-bond acceptors (Lipinski definition) is 4. The second-order valence-electron chi connectivity index (χ2n) is 5.83. The number of thiazole rings is 1. The van der Waals surface area contributed by atoms with Crippen LogP contribution in [-0.2, 0) is 20.0 Å². The van der Waals surface area contributed by atoms with E-state index in [1.807, 2.05) is 18.7 Å². The van der Waals surface area contributed by atoms with Gasteiger partial charge in [-0.15, -0.1) is 35.3 Å². The zero-order chi connectivity index (χ0) is 17.0. The molecule has 0 aliphatic heterocycles. The van der Waals surface area contributed by atoms with E-state index in [4.69, 9.17) is 0 Å². The Morgan fingerprint density at radius 3 is 2.58 bits per heavy atom. The first kappa shape index (κ1) is 20.9. The van der Waals surface area contributed by atoms with E-state index in [9.17, 15) is 0 Å². The molecule has 134 valence electrons. The number of nitrogens with zero attached hydrogens (tertiary/aromatic N) is 4. The molecule has 8 heteroatoms. The van der Waals surface area contributed by atoms with Crippen molar-refractivity contribution in [1.29, 1.82) is 0 Å². The molecule has 0 aliphatic rings. The molecule has 2 heterocycles. The number of aromatic nitrogens is 3. The van der Waals surface area contributed by atoms with Crippen molar-refractivity contribution in [2.45, 2.75) is 46.7 Å². The van der Waals surface area contributed by atoms with Crippen molar-refractivity contribution >= 4 is 41.3 Å². The first-order valence-electron chi connectivity index (χ1n) is 7.78. The van der Waals surface area contributed by atoms with E-state index < -0.39 is 0 Å². The van der Waals surface area contributed by atoms with Gasteiger partial charge in [-0.25, -0.2) is 4.98 Å².